The first-order valence-corrected chi connectivity index (χ1v) is 10.4. The lowest BCUT2D eigenvalue weighted by molar-refractivity contribution is 0.0722. The minimum atomic E-state index is 0.0523. The zero-order chi connectivity index (χ0) is 19.1. The van der Waals surface area contributed by atoms with E-state index in [1.54, 1.807) is 6.07 Å². The molecule has 0 bridgehead atoms. The quantitative estimate of drug-likeness (QED) is 0.633. The fourth-order valence-corrected chi connectivity index (χ4v) is 3.82. The molecule has 0 aliphatic carbocycles. The topological polar surface area (TPSA) is 23.6 Å². The molecule has 0 unspecified atom stereocenters. The highest BCUT2D eigenvalue weighted by Crippen LogP contribution is 2.23. The Labute approximate surface area is 171 Å². The normalized spacial score (nSPS) is 15.3. The summed E-state index contributed by atoms with van der Waals surface area (Å²) in [6.45, 7) is 4.38. The molecule has 1 saturated heterocycles. The molecule has 2 aromatic rings. The van der Waals surface area contributed by atoms with Gasteiger partial charge in [0.1, 0.15) is 0 Å². The van der Waals surface area contributed by atoms with Gasteiger partial charge in [0.25, 0.3) is 5.91 Å². The average molecular weight is 405 g/mol. The van der Waals surface area contributed by atoms with Crippen molar-refractivity contribution in [3.05, 3.63) is 69.7 Å². The van der Waals surface area contributed by atoms with Crippen molar-refractivity contribution >= 4 is 29.1 Å². The molecule has 0 atom stereocenters. The summed E-state index contributed by atoms with van der Waals surface area (Å²) in [6, 6.07) is 15.0. The van der Waals surface area contributed by atoms with Crippen LogP contribution in [0.1, 0.15) is 41.6 Å². The Bertz CT molecular complexity index is 743. The first-order valence-electron chi connectivity index (χ1n) is 9.64. The molecule has 1 amide bonds. The van der Waals surface area contributed by atoms with Crippen LogP contribution in [0.2, 0.25) is 10.0 Å². The zero-order valence-electron chi connectivity index (χ0n) is 15.5. The summed E-state index contributed by atoms with van der Waals surface area (Å²) < 4.78 is 0. The highest BCUT2D eigenvalue weighted by Gasteiger charge is 2.18. The van der Waals surface area contributed by atoms with E-state index < -0.39 is 0 Å². The summed E-state index contributed by atoms with van der Waals surface area (Å²) in [4.78, 5) is 17.5. The highest BCUT2D eigenvalue weighted by atomic mass is 35.5. The summed E-state index contributed by atoms with van der Waals surface area (Å²) in [7, 11) is 0. The van der Waals surface area contributed by atoms with Crippen molar-refractivity contribution in [2.75, 3.05) is 26.2 Å². The van der Waals surface area contributed by atoms with E-state index >= 15 is 0 Å². The van der Waals surface area contributed by atoms with Gasteiger partial charge < -0.3 is 9.80 Å². The fourth-order valence-electron chi connectivity index (χ4n) is 3.50. The molecule has 1 heterocycles. The predicted octanol–water partition coefficient (Wildman–Crippen LogP) is 5.51. The Morgan fingerprint density at radius 1 is 0.926 bits per heavy atom. The molecule has 3 nitrogen and oxygen atoms in total. The number of nitrogens with zero attached hydrogens (tertiary/aromatic N) is 2. The molecule has 5 heteroatoms. The molecule has 0 aromatic heterocycles. The molecule has 0 spiro atoms. The second-order valence-corrected chi connectivity index (χ2v) is 7.91. The van der Waals surface area contributed by atoms with E-state index in [9.17, 15) is 4.79 Å². The highest BCUT2D eigenvalue weighted by molar-refractivity contribution is 6.42. The van der Waals surface area contributed by atoms with Gasteiger partial charge in [0.15, 0.2) is 0 Å². The van der Waals surface area contributed by atoms with Crippen LogP contribution in [0.3, 0.4) is 0 Å². The fraction of sp³-hybridized carbons (Fsp3) is 0.409. The summed E-state index contributed by atoms with van der Waals surface area (Å²) in [6.07, 6.45) is 5.12. The Kier molecular flexibility index (Phi) is 7.57. The van der Waals surface area contributed by atoms with Crippen LogP contribution in [-0.2, 0) is 6.54 Å². The minimum Gasteiger partial charge on any atom is -0.333 e. The van der Waals surface area contributed by atoms with Crippen LogP contribution in [0, 0.1) is 0 Å². The minimum absolute atomic E-state index is 0.0523. The van der Waals surface area contributed by atoms with Crippen molar-refractivity contribution in [1.29, 1.82) is 0 Å². The number of amides is 1. The predicted molar refractivity (Wildman–Crippen MR) is 113 cm³/mol. The first-order chi connectivity index (χ1) is 13.1. The van der Waals surface area contributed by atoms with E-state index in [0.717, 1.165) is 25.2 Å². The number of hydrogen-bond acceptors (Lipinski definition) is 2. The lowest BCUT2D eigenvalue weighted by Gasteiger charge is -2.27. The van der Waals surface area contributed by atoms with Crippen LogP contribution >= 0.6 is 23.2 Å². The van der Waals surface area contributed by atoms with Crippen LogP contribution in [0.4, 0.5) is 0 Å². The number of likely N-dealkylation sites (tertiary alicyclic amines) is 1. The maximum Gasteiger partial charge on any atom is 0.254 e. The Morgan fingerprint density at radius 3 is 2.30 bits per heavy atom. The van der Waals surface area contributed by atoms with Crippen LogP contribution < -0.4 is 0 Å². The van der Waals surface area contributed by atoms with Gasteiger partial charge in [0.05, 0.1) is 10.0 Å². The van der Waals surface area contributed by atoms with E-state index in [0.29, 0.717) is 28.7 Å². The van der Waals surface area contributed by atoms with Gasteiger partial charge in [-0.3, -0.25) is 4.79 Å². The first kappa shape index (κ1) is 20.2. The van der Waals surface area contributed by atoms with Gasteiger partial charge >= 0.3 is 0 Å². The lowest BCUT2D eigenvalue weighted by Crippen LogP contribution is -2.38. The van der Waals surface area contributed by atoms with Gasteiger partial charge in [0.2, 0.25) is 0 Å². The SMILES string of the molecule is O=C(c1ccccc1)N(CCN1CCCCCC1)Cc1ccc(Cl)c(Cl)c1. The maximum absolute atomic E-state index is 13.1. The van der Waals surface area contributed by atoms with Crippen molar-refractivity contribution in [3.8, 4) is 0 Å². The van der Waals surface area contributed by atoms with E-state index in [1.807, 2.05) is 47.4 Å². The molecular formula is C22H26Cl2N2O. The van der Waals surface area contributed by atoms with Crippen LogP contribution in [-0.4, -0.2) is 41.9 Å². The van der Waals surface area contributed by atoms with Crippen LogP contribution in [0.15, 0.2) is 48.5 Å². The van der Waals surface area contributed by atoms with E-state index in [4.69, 9.17) is 23.2 Å². The molecule has 1 aliphatic rings. The molecule has 3 rings (SSSR count). The van der Waals surface area contributed by atoms with Gasteiger partial charge in [-0.1, -0.05) is 60.3 Å². The largest absolute Gasteiger partial charge is 0.333 e. The van der Waals surface area contributed by atoms with E-state index in [-0.39, 0.29) is 5.91 Å². The van der Waals surface area contributed by atoms with Crippen molar-refractivity contribution in [1.82, 2.24) is 9.80 Å². The second-order valence-electron chi connectivity index (χ2n) is 7.10. The lowest BCUT2D eigenvalue weighted by atomic mass is 10.1. The number of hydrogen-bond donors (Lipinski definition) is 0. The molecule has 144 valence electrons. The Morgan fingerprint density at radius 2 is 1.63 bits per heavy atom. The number of carbonyl (C=O) groups is 1. The molecule has 1 aliphatic heterocycles. The Balaban J connectivity index is 1.73. The molecule has 1 fully saturated rings. The van der Waals surface area contributed by atoms with Crippen molar-refractivity contribution < 1.29 is 4.79 Å². The molecule has 0 N–H and O–H groups in total. The third-order valence-corrected chi connectivity index (χ3v) is 5.79. The monoisotopic (exact) mass is 404 g/mol. The Hall–Kier alpha value is -1.55. The number of benzene rings is 2. The standard InChI is InChI=1S/C22H26Cl2N2O/c23-20-11-10-18(16-21(20)24)17-26(22(27)19-8-4-3-5-9-19)15-14-25-12-6-1-2-7-13-25/h3-5,8-11,16H,1-2,6-7,12-15,17H2. The third kappa shape index (κ3) is 5.97. The van der Waals surface area contributed by atoms with Gasteiger partial charge in [-0.25, -0.2) is 0 Å². The van der Waals surface area contributed by atoms with Crippen molar-refractivity contribution in [2.24, 2.45) is 0 Å². The van der Waals surface area contributed by atoms with Crippen LogP contribution in [0.5, 0.6) is 0 Å². The third-order valence-electron chi connectivity index (χ3n) is 5.05. The summed E-state index contributed by atoms with van der Waals surface area (Å²) >= 11 is 12.2. The number of rotatable bonds is 6. The number of halogens is 2. The van der Waals surface area contributed by atoms with Crippen molar-refractivity contribution in [2.45, 2.75) is 32.2 Å². The van der Waals surface area contributed by atoms with Gasteiger partial charge in [0, 0.05) is 25.2 Å². The molecule has 0 radical (unpaired) electrons. The van der Waals surface area contributed by atoms with Gasteiger partial charge in [-0.2, -0.15) is 0 Å². The van der Waals surface area contributed by atoms with E-state index in [1.165, 1.54) is 25.7 Å². The number of carbonyl (C=O) groups excluding carboxylic acids is 1. The van der Waals surface area contributed by atoms with Gasteiger partial charge in [-0.15, -0.1) is 0 Å². The molecule has 2 aromatic carbocycles. The average Bonchev–Trinajstić information content (AvgIpc) is 2.97. The summed E-state index contributed by atoms with van der Waals surface area (Å²) in [5.74, 6) is 0.0523. The molecular weight excluding hydrogens is 379 g/mol. The maximum atomic E-state index is 13.1. The zero-order valence-corrected chi connectivity index (χ0v) is 17.1. The molecule has 27 heavy (non-hydrogen) atoms. The van der Waals surface area contributed by atoms with E-state index in [2.05, 4.69) is 4.90 Å². The second kappa shape index (κ2) is 10.1. The smallest absolute Gasteiger partial charge is 0.254 e. The van der Waals surface area contributed by atoms with Crippen LogP contribution in [0.25, 0.3) is 0 Å². The van der Waals surface area contributed by atoms with Gasteiger partial charge in [-0.05, 0) is 55.8 Å². The molecule has 0 saturated carbocycles. The summed E-state index contributed by atoms with van der Waals surface area (Å²) in [5.41, 5.74) is 1.71. The summed E-state index contributed by atoms with van der Waals surface area (Å²) in [5, 5.41) is 1.06. The van der Waals surface area contributed by atoms with Crippen molar-refractivity contribution in [3.63, 3.8) is 0 Å².